The second kappa shape index (κ2) is 9.14. The summed E-state index contributed by atoms with van der Waals surface area (Å²) in [5.74, 6) is -0.314. The van der Waals surface area contributed by atoms with Crippen LogP contribution in [0.25, 0.3) is 10.1 Å². The number of carbonyl (C=O) groups is 2. The minimum Gasteiger partial charge on any atom is -0.379 e. The highest BCUT2D eigenvalue weighted by Gasteiger charge is 2.18. The molecule has 1 aliphatic heterocycles. The van der Waals surface area contributed by atoms with E-state index in [-0.39, 0.29) is 11.8 Å². The zero-order valence-electron chi connectivity index (χ0n) is 16.5. The molecule has 1 fully saturated rings. The molecule has 1 saturated heterocycles. The molecule has 1 aromatic heterocycles. The second-order valence-corrected chi connectivity index (χ2v) is 8.59. The first-order chi connectivity index (χ1) is 14.5. The van der Waals surface area contributed by atoms with E-state index >= 15 is 0 Å². The van der Waals surface area contributed by atoms with Crippen molar-refractivity contribution in [3.8, 4) is 0 Å². The predicted octanol–water partition coefficient (Wildman–Crippen LogP) is 4.39. The summed E-state index contributed by atoms with van der Waals surface area (Å²) in [5, 5.41) is 7.17. The zero-order valence-corrected chi connectivity index (χ0v) is 18.1. The Morgan fingerprint density at radius 3 is 2.40 bits per heavy atom. The number of amides is 2. The van der Waals surface area contributed by atoms with Crippen molar-refractivity contribution in [1.29, 1.82) is 0 Å². The molecule has 0 aliphatic carbocycles. The summed E-state index contributed by atoms with van der Waals surface area (Å²) in [4.78, 5) is 27.5. The maximum absolute atomic E-state index is 12.7. The van der Waals surface area contributed by atoms with Gasteiger partial charge in [-0.2, -0.15) is 0 Å². The SMILES string of the molecule is Cc1cccc2sc(C(=O)Nc3ccc(NC(=O)CN4CCOCC4)cc3)c(Cl)c12. The Balaban J connectivity index is 1.38. The number of thiophene rings is 1. The molecule has 0 unspecified atom stereocenters. The van der Waals surface area contributed by atoms with Crippen LogP contribution < -0.4 is 10.6 Å². The number of benzene rings is 2. The molecule has 4 rings (SSSR count). The molecular formula is C22H22ClN3O3S. The summed E-state index contributed by atoms with van der Waals surface area (Å²) in [5.41, 5.74) is 2.36. The van der Waals surface area contributed by atoms with E-state index in [9.17, 15) is 9.59 Å². The van der Waals surface area contributed by atoms with Crippen LogP contribution in [0, 0.1) is 6.92 Å². The fourth-order valence-corrected chi connectivity index (χ4v) is 4.98. The third-order valence-corrected chi connectivity index (χ3v) is 6.61. The number of rotatable bonds is 5. The lowest BCUT2D eigenvalue weighted by Crippen LogP contribution is -2.41. The van der Waals surface area contributed by atoms with Crippen molar-refractivity contribution < 1.29 is 14.3 Å². The third-order valence-electron chi connectivity index (χ3n) is 4.97. The molecule has 2 heterocycles. The lowest BCUT2D eigenvalue weighted by molar-refractivity contribution is -0.118. The van der Waals surface area contributed by atoms with E-state index in [2.05, 4.69) is 15.5 Å². The number of carbonyl (C=O) groups excluding carboxylic acids is 2. The highest BCUT2D eigenvalue weighted by Crippen LogP contribution is 2.37. The minimum atomic E-state index is -0.246. The summed E-state index contributed by atoms with van der Waals surface area (Å²) in [6, 6.07) is 13.0. The first kappa shape index (κ1) is 20.8. The molecule has 3 aromatic rings. The van der Waals surface area contributed by atoms with Crippen molar-refractivity contribution in [2.24, 2.45) is 0 Å². The number of hydrogen-bond acceptors (Lipinski definition) is 5. The fraction of sp³-hybridized carbons (Fsp3) is 0.273. The maximum Gasteiger partial charge on any atom is 0.267 e. The van der Waals surface area contributed by atoms with Crippen molar-refractivity contribution in [3.05, 3.63) is 57.9 Å². The smallest absolute Gasteiger partial charge is 0.267 e. The summed E-state index contributed by atoms with van der Waals surface area (Å²) in [7, 11) is 0. The molecule has 2 amide bonds. The Bertz CT molecular complexity index is 1080. The summed E-state index contributed by atoms with van der Waals surface area (Å²) < 4.78 is 6.28. The molecule has 6 nitrogen and oxygen atoms in total. The van der Waals surface area contributed by atoms with Crippen LogP contribution >= 0.6 is 22.9 Å². The monoisotopic (exact) mass is 443 g/mol. The van der Waals surface area contributed by atoms with Crippen molar-refractivity contribution >= 4 is 56.2 Å². The first-order valence-electron chi connectivity index (χ1n) is 9.70. The van der Waals surface area contributed by atoms with Gasteiger partial charge < -0.3 is 15.4 Å². The molecule has 156 valence electrons. The van der Waals surface area contributed by atoms with E-state index in [1.54, 1.807) is 24.3 Å². The number of hydrogen-bond donors (Lipinski definition) is 2. The highest BCUT2D eigenvalue weighted by atomic mass is 35.5. The molecule has 8 heteroatoms. The van der Waals surface area contributed by atoms with Crippen molar-refractivity contribution in [2.75, 3.05) is 43.5 Å². The highest BCUT2D eigenvalue weighted by molar-refractivity contribution is 7.21. The van der Waals surface area contributed by atoms with Gasteiger partial charge in [0.25, 0.3) is 5.91 Å². The van der Waals surface area contributed by atoms with E-state index < -0.39 is 0 Å². The van der Waals surface area contributed by atoms with Gasteiger partial charge in [-0.1, -0.05) is 23.7 Å². The van der Waals surface area contributed by atoms with Gasteiger partial charge in [-0.3, -0.25) is 14.5 Å². The number of nitrogens with one attached hydrogen (secondary N) is 2. The minimum absolute atomic E-state index is 0.0684. The molecule has 2 N–H and O–H groups in total. The largest absolute Gasteiger partial charge is 0.379 e. The zero-order chi connectivity index (χ0) is 21.1. The van der Waals surface area contributed by atoms with Crippen LogP contribution in [0.2, 0.25) is 5.02 Å². The van der Waals surface area contributed by atoms with Crippen LogP contribution in [0.1, 0.15) is 15.2 Å². The third kappa shape index (κ3) is 4.65. The van der Waals surface area contributed by atoms with Crippen molar-refractivity contribution in [2.45, 2.75) is 6.92 Å². The van der Waals surface area contributed by atoms with E-state index in [1.807, 2.05) is 25.1 Å². The van der Waals surface area contributed by atoms with E-state index in [0.29, 0.717) is 41.0 Å². The van der Waals surface area contributed by atoms with Crippen molar-refractivity contribution in [1.82, 2.24) is 4.90 Å². The summed E-state index contributed by atoms with van der Waals surface area (Å²) >= 11 is 7.86. The molecule has 0 saturated carbocycles. The average Bonchev–Trinajstić information content (AvgIpc) is 3.08. The number of morpholine rings is 1. The molecule has 2 aromatic carbocycles. The Morgan fingerprint density at radius 2 is 1.73 bits per heavy atom. The number of fused-ring (bicyclic) bond motifs is 1. The standard InChI is InChI=1S/C22H22ClN3O3S/c1-14-3-2-4-17-19(14)20(23)21(30-17)22(28)25-16-7-5-15(6-8-16)24-18(27)13-26-9-11-29-12-10-26/h2-8H,9-13H2,1H3,(H,24,27)(H,25,28). The Kier molecular flexibility index (Phi) is 6.34. The lowest BCUT2D eigenvalue weighted by Gasteiger charge is -2.25. The Hall–Kier alpha value is -2.45. The number of ether oxygens (including phenoxy) is 1. The van der Waals surface area contributed by atoms with Gasteiger partial charge in [-0.15, -0.1) is 11.3 Å². The molecule has 0 bridgehead atoms. The van der Waals surface area contributed by atoms with Gasteiger partial charge >= 0.3 is 0 Å². The van der Waals surface area contributed by atoms with Crippen LogP contribution in [-0.2, 0) is 9.53 Å². The Morgan fingerprint density at radius 1 is 1.07 bits per heavy atom. The van der Waals surface area contributed by atoms with Crippen LogP contribution in [-0.4, -0.2) is 49.6 Å². The Labute approximate surface area is 183 Å². The predicted molar refractivity (Wildman–Crippen MR) is 122 cm³/mol. The van der Waals surface area contributed by atoms with Crippen molar-refractivity contribution in [3.63, 3.8) is 0 Å². The van der Waals surface area contributed by atoms with Gasteiger partial charge in [0.15, 0.2) is 0 Å². The number of halogens is 1. The molecule has 0 spiro atoms. The second-order valence-electron chi connectivity index (χ2n) is 7.16. The first-order valence-corrected chi connectivity index (χ1v) is 10.9. The molecule has 0 radical (unpaired) electrons. The molecule has 1 aliphatic rings. The van der Waals surface area contributed by atoms with Crippen LogP contribution in [0.4, 0.5) is 11.4 Å². The van der Waals surface area contributed by atoms with E-state index in [1.165, 1.54) is 11.3 Å². The summed E-state index contributed by atoms with van der Waals surface area (Å²) in [6.07, 6.45) is 0. The van der Waals surface area contributed by atoms with Gasteiger partial charge in [0.2, 0.25) is 5.91 Å². The van der Waals surface area contributed by atoms with Gasteiger partial charge in [-0.05, 0) is 42.8 Å². The quantitative estimate of drug-likeness (QED) is 0.613. The molecule has 0 atom stereocenters. The van der Waals surface area contributed by atoms with E-state index in [4.69, 9.17) is 16.3 Å². The number of anilines is 2. The van der Waals surface area contributed by atoms with E-state index in [0.717, 1.165) is 28.7 Å². The normalized spacial score (nSPS) is 14.6. The van der Waals surface area contributed by atoms with Gasteiger partial charge in [0.05, 0.1) is 24.8 Å². The topological polar surface area (TPSA) is 70.7 Å². The number of nitrogens with zero attached hydrogens (tertiary/aromatic N) is 1. The molecule has 30 heavy (non-hydrogen) atoms. The number of aryl methyl sites for hydroxylation is 1. The lowest BCUT2D eigenvalue weighted by atomic mass is 10.1. The maximum atomic E-state index is 12.7. The van der Waals surface area contributed by atoms with Crippen LogP contribution in [0.5, 0.6) is 0 Å². The average molecular weight is 444 g/mol. The van der Waals surface area contributed by atoms with Crippen LogP contribution in [0.15, 0.2) is 42.5 Å². The van der Waals surface area contributed by atoms with Gasteiger partial charge in [0.1, 0.15) is 4.88 Å². The van der Waals surface area contributed by atoms with Gasteiger partial charge in [-0.25, -0.2) is 0 Å². The summed E-state index contributed by atoms with van der Waals surface area (Å²) in [6.45, 7) is 5.16. The molecular weight excluding hydrogens is 422 g/mol. The van der Waals surface area contributed by atoms with Crippen LogP contribution in [0.3, 0.4) is 0 Å². The fourth-order valence-electron chi connectivity index (χ4n) is 3.41. The van der Waals surface area contributed by atoms with Gasteiger partial charge in [0, 0.05) is 34.6 Å².